The second-order valence-electron chi connectivity index (χ2n) is 2.81. The molecular weight excluding hydrogens is 156 g/mol. The van der Waals surface area contributed by atoms with Crippen molar-refractivity contribution in [2.24, 2.45) is 12.8 Å². The SMILES string of the molecule is CC(N)CC(=O)c1ncnn1C. The largest absolute Gasteiger partial charge is 0.328 e. The van der Waals surface area contributed by atoms with Crippen molar-refractivity contribution in [1.29, 1.82) is 0 Å². The number of aromatic nitrogens is 3. The van der Waals surface area contributed by atoms with Crippen LogP contribution in [-0.4, -0.2) is 26.6 Å². The van der Waals surface area contributed by atoms with Gasteiger partial charge in [0.1, 0.15) is 6.33 Å². The fourth-order valence-corrected chi connectivity index (χ4v) is 0.932. The Balaban J connectivity index is 2.72. The summed E-state index contributed by atoms with van der Waals surface area (Å²) >= 11 is 0. The van der Waals surface area contributed by atoms with E-state index in [-0.39, 0.29) is 11.8 Å². The summed E-state index contributed by atoms with van der Waals surface area (Å²) in [4.78, 5) is 15.1. The number of Topliss-reactive ketones (excluding diaryl/α,β-unsaturated/α-hetero) is 1. The number of hydrogen-bond donors (Lipinski definition) is 1. The third kappa shape index (κ3) is 1.88. The van der Waals surface area contributed by atoms with E-state index in [1.165, 1.54) is 11.0 Å². The molecule has 0 bridgehead atoms. The van der Waals surface area contributed by atoms with Gasteiger partial charge < -0.3 is 5.73 Å². The smallest absolute Gasteiger partial charge is 0.201 e. The average molecular weight is 168 g/mol. The third-order valence-corrected chi connectivity index (χ3v) is 1.47. The maximum Gasteiger partial charge on any atom is 0.201 e. The summed E-state index contributed by atoms with van der Waals surface area (Å²) in [5, 5.41) is 3.79. The lowest BCUT2D eigenvalue weighted by Crippen LogP contribution is -2.21. The van der Waals surface area contributed by atoms with E-state index >= 15 is 0 Å². The molecule has 2 N–H and O–H groups in total. The highest BCUT2D eigenvalue weighted by Gasteiger charge is 2.12. The second-order valence-corrected chi connectivity index (χ2v) is 2.81. The molecule has 1 atom stereocenters. The Labute approximate surface area is 70.6 Å². The minimum absolute atomic E-state index is 0.0648. The lowest BCUT2D eigenvalue weighted by molar-refractivity contribution is 0.0962. The normalized spacial score (nSPS) is 12.9. The minimum Gasteiger partial charge on any atom is -0.328 e. The molecule has 1 unspecified atom stereocenters. The maximum atomic E-state index is 11.3. The van der Waals surface area contributed by atoms with Gasteiger partial charge in [0.05, 0.1) is 0 Å². The summed E-state index contributed by atoms with van der Waals surface area (Å²) in [6.45, 7) is 1.79. The molecule has 0 aliphatic rings. The van der Waals surface area contributed by atoms with Crippen LogP contribution in [0, 0.1) is 0 Å². The summed E-state index contributed by atoms with van der Waals surface area (Å²) in [5.41, 5.74) is 5.47. The van der Waals surface area contributed by atoms with Crippen molar-refractivity contribution in [3.8, 4) is 0 Å². The van der Waals surface area contributed by atoms with Crippen molar-refractivity contribution in [3.63, 3.8) is 0 Å². The monoisotopic (exact) mass is 168 g/mol. The fraction of sp³-hybridized carbons (Fsp3) is 0.571. The van der Waals surface area contributed by atoms with Gasteiger partial charge in [-0.2, -0.15) is 5.10 Å². The average Bonchev–Trinajstić information content (AvgIpc) is 2.33. The van der Waals surface area contributed by atoms with E-state index < -0.39 is 0 Å². The topological polar surface area (TPSA) is 73.8 Å². The van der Waals surface area contributed by atoms with E-state index in [9.17, 15) is 4.79 Å². The number of carbonyl (C=O) groups is 1. The summed E-state index contributed by atoms with van der Waals surface area (Å²) in [6, 6.07) is -0.130. The second kappa shape index (κ2) is 3.44. The Morgan fingerprint density at radius 3 is 2.92 bits per heavy atom. The van der Waals surface area contributed by atoms with Crippen LogP contribution in [0.3, 0.4) is 0 Å². The number of nitrogens with zero attached hydrogens (tertiary/aromatic N) is 3. The number of rotatable bonds is 3. The predicted molar refractivity (Wildman–Crippen MR) is 43.6 cm³/mol. The Bertz CT molecular complexity index is 279. The number of aryl methyl sites for hydroxylation is 1. The number of carbonyl (C=O) groups excluding carboxylic acids is 1. The first kappa shape index (κ1) is 8.86. The minimum atomic E-state index is -0.130. The molecule has 1 aromatic heterocycles. The van der Waals surface area contributed by atoms with Gasteiger partial charge in [-0.1, -0.05) is 0 Å². The summed E-state index contributed by atoms with van der Waals surface area (Å²) in [7, 11) is 1.68. The van der Waals surface area contributed by atoms with Crippen molar-refractivity contribution in [1.82, 2.24) is 14.8 Å². The first-order chi connectivity index (χ1) is 5.61. The molecule has 1 aromatic rings. The van der Waals surface area contributed by atoms with Crippen LogP contribution in [-0.2, 0) is 7.05 Å². The van der Waals surface area contributed by atoms with Crippen molar-refractivity contribution >= 4 is 5.78 Å². The van der Waals surface area contributed by atoms with Crippen LogP contribution in [0.4, 0.5) is 0 Å². The third-order valence-electron chi connectivity index (χ3n) is 1.47. The van der Waals surface area contributed by atoms with Crippen molar-refractivity contribution in [2.45, 2.75) is 19.4 Å². The zero-order valence-electron chi connectivity index (χ0n) is 7.19. The highest BCUT2D eigenvalue weighted by molar-refractivity contribution is 5.92. The van der Waals surface area contributed by atoms with Gasteiger partial charge in [0, 0.05) is 19.5 Å². The van der Waals surface area contributed by atoms with Gasteiger partial charge in [-0.25, -0.2) is 9.67 Å². The Hall–Kier alpha value is -1.23. The molecule has 5 heteroatoms. The number of ketones is 1. The number of hydrogen-bond acceptors (Lipinski definition) is 4. The van der Waals surface area contributed by atoms with E-state index in [1.54, 1.807) is 14.0 Å². The van der Waals surface area contributed by atoms with Gasteiger partial charge >= 0.3 is 0 Å². The Morgan fingerprint density at radius 1 is 1.83 bits per heavy atom. The number of nitrogens with two attached hydrogens (primary N) is 1. The van der Waals surface area contributed by atoms with Gasteiger partial charge in [-0.05, 0) is 6.92 Å². The summed E-state index contributed by atoms with van der Waals surface area (Å²) in [5.74, 6) is 0.303. The standard InChI is InChI=1S/C7H12N4O/c1-5(8)3-6(12)7-9-4-10-11(7)2/h4-5H,3,8H2,1-2H3. The molecule has 66 valence electrons. The molecule has 0 aromatic carbocycles. The lowest BCUT2D eigenvalue weighted by atomic mass is 10.2. The Kier molecular flexibility index (Phi) is 2.54. The first-order valence-electron chi connectivity index (χ1n) is 3.74. The fourth-order valence-electron chi connectivity index (χ4n) is 0.932. The quantitative estimate of drug-likeness (QED) is 0.631. The van der Waals surface area contributed by atoms with E-state index in [0.29, 0.717) is 12.2 Å². The highest BCUT2D eigenvalue weighted by atomic mass is 16.1. The Morgan fingerprint density at radius 2 is 2.50 bits per heavy atom. The van der Waals surface area contributed by atoms with Crippen molar-refractivity contribution in [3.05, 3.63) is 12.2 Å². The zero-order chi connectivity index (χ0) is 9.14. The molecule has 0 fully saturated rings. The van der Waals surface area contributed by atoms with Gasteiger partial charge in [-0.3, -0.25) is 4.79 Å². The molecule has 1 heterocycles. The van der Waals surface area contributed by atoms with Crippen LogP contribution < -0.4 is 5.73 Å². The highest BCUT2D eigenvalue weighted by Crippen LogP contribution is 1.98. The van der Waals surface area contributed by atoms with Crippen LogP contribution in [0.2, 0.25) is 0 Å². The van der Waals surface area contributed by atoms with Crippen molar-refractivity contribution in [2.75, 3.05) is 0 Å². The van der Waals surface area contributed by atoms with Gasteiger partial charge in [0.15, 0.2) is 5.82 Å². The van der Waals surface area contributed by atoms with E-state index in [2.05, 4.69) is 10.1 Å². The molecule has 0 saturated heterocycles. The molecule has 12 heavy (non-hydrogen) atoms. The van der Waals surface area contributed by atoms with Crippen LogP contribution in [0.15, 0.2) is 6.33 Å². The van der Waals surface area contributed by atoms with Crippen LogP contribution in [0.25, 0.3) is 0 Å². The molecule has 0 saturated carbocycles. The molecule has 0 amide bonds. The zero-order valence-corrected chi connectivity index (χ0v) is 7.19. The molecule has 5 nitrogen and oxygen atoms in total. The maximum absolute atomic E-state index is 11.3. The van der Waals surface area contributed by atoms with Crippen LogP contribution in [0.1, 0.15) is 24.0 Å². The van der Waals surface area contributed by atoms with Crippen LogP contribution in [0.5, 0.6) is 0 Å². The molecule has 1 rings (SSSR count). The lowest BCUT2D eigenvalue weighted by Gasteiger charge is -2.02. The van der Waals surface area contributed by atoms with Crippen LogP contribution >= 0.6 is 0 Å². The molecule has 0 spiro atoms. The summed E-state index contributed by atoms with van der Waals surface area (Å²) < 4.78 is 1.45. The summed E-state index contributed by atoms with van der Waals surface area (Å²) in [6.07, 6.45) is 1.67. The first-order valence-corrected chi connectivity index (χ1v) is 3.74. The van der Waals surface area contributed by atoms with E-state index in [0.717, 1.165) is 0 Å². The van der Waals surface area contributed by atoms with Gasteiger partial charge in [-0.15, -0.1) is 0 Å². The van der Waals surface area contributed by atoms with E-state index in [4.69, 9.17) is 5.73 Å². The van der Waals surface area contributed by atoms with Gasteiger partial charge in [0.2, 0.25) is 5.78 Å². The molecule has 0 aliphatic heterocycles. The molecule has 0 radical (unpaired) electrons. The van der Waals surface area contributed by atoms with E-state index in [1.807, 2.05) is 0 Å². The van der Waals surface area contributed by atoms with Crippen molar-refractivity contribution < 1.29 is 4.79 Å². The predicted octanol–water partition coefficient (Wildman–Crippen LogP) is -0.265. The molecular formula is C7H12N4O. The molecule has 0 aliphatic carbocycles. The van der Waals surface area contributed by atoms with Gasteiger partial charge in [0.25, 0.3) is 0 Å².